The van der Waals surface area contributed by atoms with Gasteiger partial charge in [0.15, 0.2) is 5.82 Å². The number of nitrogens with zero attached hydrogens (tertiary/aromatic N) is 4. The third-order valence-electron chi connectivity index (χ3n) is 6.40. The number of hydrogen-bond acceptors (Lipinski definition) is 4. The standard InChI is InChI=1S/C27H29N5/c1-3-7-22(8-4-1)20-32-27(29-30-31-32)25-15-17-26(18-16-25)28-19-21-11-13-24(14-12-21)23-9-5-2-6-10-23/h1,3-4,7-8,11-18,23,28H,2,5-6,9-10,19-20H2. The van der Waals surface area contributed by atoms with Crippen molar-refractivity contribution >= 4 is 5.69 Å². The van der Waals surface area contributed by atoms with E-state index in [1.165, 1.54) is 48.8 Å². The van der Waals surface area contributed by atoms with Gasteiger partial charge in [0.1, 0.15) is 0 Å². The Balaban J connectivity index is 1.20. The van der Waals surface area contributed by atoms with Gasteiger partial charge in [0.2, 0.25) is 0 Å². The van der Waals surface area contributed by atoms with Gasteiger partial charge in [0.25, 0.3) is 0 Å². The molecule has 0 amide bonds. The van der Waals surface area contributed by atoms with Crippen molar-refractivity contribution in [2.45, 2.75) is 51.1 Å². The molecule has 0 unspecified atom stereocenters. The number of nitrogens with one attached hydrogen (secondary N) is 1. The maximum atomic E-state index is 4.23. The predicted octanol–water partition coefficient (Wildman–Crippen LogP) is 6.05. The molecule has 5 nitrogen and oxygen atoms in total. The summed E-state index contributed by atoms with van der Waals surface area (Å²) in [7, 11) is 0. The fourth-order valence-corrected chi connectivity index (χ4v) is 4.56. The summed E-state index contributed by atoms with van der Waals surface area (Å²) in [6.07, 6.45) is 6.85. The van der Waals surface area contributed by atoms with E-state index < -0.39 is 0 Å². The summed E-state index contributed by atoms with van der Waals surface area (Å²) in [5.41, 5.74) is 6.08. The van der Waals surface area contributed by atoms with Gasteiger partial charge < -0.3 is 5.32 Å². The second kappa shape index (κ2) is 9.77. The Bertz CT molecular complexity index is 1110. The van der Waals surface area contributed by atoms with E-state index in [0.29, 0.717) is 6.54 Å². The third kappa shape index (κ3) is 4.88. The van der Waals surface area contributed by atoms with E-state index in [1.54, 1.807) is 0 Å². The van der Waals surface area contributed by atoms with Crippen molar-refractivity contribution in [2.24, 2.45) is 0 Å². The van der Waals surface area contributed by atoms with Crippen LogP contribution in [0.25, 0.3) is 11.4 Å². The lowest BCUT2D eigenvalue weighted by Crippen LogP contribution is -2.05. The second-order valence-electron chi connectivity index (χ2n) is 8.65. The first-order valence-corrected chi connectivity index (χ1v) is 11.6. The lowest BCUT2D eigenvalue weighted by atomic mass is 9.84. The van der Waals surface area contributed by atoms with Gasteiger partial charge in [-0.25, -0.2) is 4.68 Å². The molecule has 1 fully saturated rings. The summed E-state index contributed by atoms with van der Waals surface area (Å²) in [5, 5.41) is 15.8. The Hall–Kier alpha value is -3.47. The molecule has 1 aromatic heterocycles. The molecular formula is C27H29N5. The van der Waals surface area contributed by atoms with E-state index in [-0.39, 0.29) is 0 Å². The van der Waals surface area contributed by atoms with Gasteiger partial charge >= 0.3 is 0 Å². The third-order valence-corrected chi connectivity index (χ3v) is 6.40. The van der Waals surface area contributed by atoms with Gasteiger partial charge in [-0.3, -0.25) is 0 Å². The highest BCUT2D eigenvalue weighted by Crippen LogP contribution is 2.32. The predicted molar refractivity (Wildman–Crippen MR) is 128 cm³/mol. The van der Waals surface area contributed by atoms with E-state index >= 15 is 0 Å². The summed E-state index contributed by atoms with van der Waals surface area (Å²) in [6.45, 7) is 1.47. The van der Waals surface area contributed by atoms with Crippen LogP contribution in [0.5, 0.6) is 0 Å². The molecule has 4 aromatic rings. The van der Waals surface area contributed by atoms with Crippen molar-refractivity contribution in [3.05, 3.63) is 95.6 Å². The van der Waals surface area contributed by atoms with Crippen molar-refractivity contribution in [1.82, 2.24) is 20.2 Å². The minimum Gasteiger partial charge on any atom is -0.381 e. The van der Waals surface area contributed by atoms with Crippen LogP contribution in [0.1, 0.15) is 54.7 Å². The van der Waals surface area contributed by atoms with Gasteiger partial charge in [-0.1, -0.05) is 73.9 Å². The first-order chi connectivity index (χ1) is 15.8. The molecule has 0 bridgehead atoms. The minimum atomic E-state index is 0.653. The van der Waals surface area contributed by atoms with Crippen LogP contribution >= 0.6 is 0 Å². The molecule has 0 aliphatic heterocycles. The molecule has 1 saturated carbocycles. The fraction of sp³-hybridized carbons (Fsp3) is 0.296. The molecule has 3 aromatic carbocycles. The van der Waals surface area contributed by atoms with Gasteiger partial charge in [-0.2, -0.15) is 0 Å². The Kier molecular flexibility index (Phi) is 6.24. The lowest BCUT2D eigenvalue weighted by Gasteiger charge is -2.22. The monoisotopic (exact) mass is 423 g/mol. The van der Waals surface area contributed by atoms with E-state index in [0.717, 1.165) is 29.5 Å². The Morgan fingerprint density at radius 2 is 1.53 bits per heavy atom. The molecule has 5 heteroatoms. The number of rotatable bonds is 7. The van der Waals surface area contributed by atoms with E-state index in [1.807, 2.05) is 22.9 Å². The van der Waals surface area contributed by atoms with Crippen LogP contribution in [0.3, 0.4) is 0 Å². The summed E-state index contributed by atoms with van der Waals surface area (Å²) < 4.78 is 1.84. The van der Waals surface area contributed by atoms with Crippen molar-refractivity contribution in [2.75, 3.05) is 5.32 Å². The Labute approximate surface area is 189 Å². The Morgan fingerprint density at radius 1 is 0.781 bits per heavy atom. The molecule has 1 heterocycles. The average Bonchev–Trinajstić information content (AvgIpc) is 3.33. The zero-order valence-corrected chi connectivity index (χ0v) is 18.3. The number of anilines is 1. The smallest absolute Gasteiger partial charge is 0.182 e. The number of hydrogen-bond donors (Lipinski definition) is 1. The maximum absolute atomic E-state index is 4.23. The zero-order chi connectivity index (χ0) is 21.6. The molecule has 32 heavy (non-hydrogen) atoms. The Morgan fingerprint density at radius 3 is 2.28 bits per heavy atom. The summed E-state index contributed by atoms with van der Waals surface area (Å²) in [5.74, 6) is 1.54. The van der Waals surface area contributed by atoms with Gasteiger partial charge in [0, 0.05) is 17.8 Å². The van der Waals surface area contributed by atoms with Crippen molar-refractivity contribution in [3.63, 3.8) is 0 Å². The highest BCUT2D eigenvalue weighted by Gasteiger charge is 2.15. The van der Waals surface area contributed by atoms with Gasteiger partial charge in [-0.05, 0) is 70.1 Å². The SMILES string of the molecule is c1ccc(Cn2nnnc2-c2ccc(NCc3ccc(C4CCCCC4)cc3)cc2)cc1. The normalized spacial score (nSPS) is 14.4. The van der Waals surface area contributed by atoms with Crippen LogP contribution in [-0.2, 0) is 13.1 Å². The average molecular weight is 424 g/mol. The maximum Gasteiger partial charge on any atom is 0.182 e. The highest BCUT2D eigenvalue weighted by molar-refractivity contribution is 5.59. The molecule has 0 radical (unpaired) electrons. The highest BCUT2D eigenvalue weighted by atomic mass is 15.5. The topological polar surface area (TPSA) is 55.6 Å². The van der Waals surface area contributed by atoms with Crippen LogP contribution in [0.15, 0.2) is 78.9 Å². The summed E-state index contributed by atoms with van der Waals surface area (Å²) in [6, 6.07) is 27.7. The molecule has 1 N–H and O–H groups in total. The lowest BCUT2D eigenvalue weighted by molar-refractivity contribution is 0.443. The second-order valence-corrected chi connectivity index (χ2v) is 8.65. The van der Waals surface area contributed by atoms with Crippen LogP contribution in [0.4, 0.5) is 5.69 Å². The number of aromatic nitrogens is 4. The van der Waals surface area contributed by atoms with Crippen LogP contribution in [0.2, 0.25) is 0 Å². The molecule has 0 atom stereocenters. The van der Waals surface area contributed by atoms with E-state index in [2.05, 4.69) is 81.5 Å². The van der Waals surface area contributed by atoms with Gasteiger partial charge in [0.05, 0.1) is 6.54 Å². The van der Waals surface area contributed by atoms with E-state index in [9.17, 15) is 0 Å². The number of benzene rings is 3. The van der Waals surface area contributed by atoms with Crippen LogP contribution < -0.4 is 5.32 Å². The molecule has 5 rings (SSSR count). The quantitative estimate of drug-likeness (QED) is 0.393. The molecule has 0 saturated heterocycles. The molecule has 0 spiro atoms. The van der Waals surface area contributed by atoms with Crippen molar-refractivity contribution in [3.8, 4) is 11.4 Å². The van der Waals surface area contributed by atoms with E-state index in [4.69, 9.17) is 0 Å². The molecule has 1 aliphatic rings. The number of tetrazole rings is 1. The van der Waals surface area contributed by atoms with Crippen LogP contribution in [0, 0.1) is 0 Å². The van der Waals surface area contributed by atoms with Crippen molar-refractivity contribution < 1.29 is 0 Å². The largest absolute Gasteiger partial charge is 0.381 e. The van der Waals surface area contributed by atoms with Crippen LogP contribution in [-0.4, -0.2) is 20.2 Å². The van der Waals surface area contributed by atoms with Gasteiger partial charge in [-0.15, -0.1) is 5.10 Å². The van der Waals surface area contributed by atoms with Crippen molar-refractivity contribution in [1.29, 1.82) is 0 Å². The fourth-order valence-electron chi connectivity index (χ4n) is 4.56. The molecular weight excluding hydrogens is 394 g/mol. The zero-order valence-electron chi connectivity index (χ0n) is 18.3. The minimum absolute atomic E-state index is 0.653. The summed E-state index contributed by atoms with van der Waals surface area (Å²) >= 11 is 0. The first-order valence-electron chi connectivity index (χ1n) is 11.6. The summed E-state index contributed by atoms with van der Waals surface area (Å²) in [4.78, 5) is 0. The molecule has 162 valence electrons. The first kappa shape index (κ1) is 20.4. The molecule has 1 aliphatic carbocycles.